The minimum absolute atomic E-state index is 0. The van der Waals surface area contributed by atoms with Crippen molar-refractivity contribution in [3.63, 3.8) is 0 Å². The van der Waals surface area contributed by atoms with Crippen molar-refractivity contribution in [2.45, 2.75) is 32.2 Å². The monoisotopic (exact) mass is 406 g/mol. The molecule has 0 aromatic carbocycles. The lowest BCUT2D eigenvalue weighted by molar-refractivity contribution is 0.0934. The van der Waals surface area contributed by atoms with E-state index in [9.17, 15) is 9.59 Å². The van der Waals surface area contributed by atoms with Gasteiger partial charge >= 0.3 is 0 Å². The van der Waals surface area contributed by atoms with E-state index in [2.05, 4.69) is 15.3 Å². The molecule has 3 heterocycles. The zero-order valence-corrected chi connectivity index (χ0v) is 16.5. The minimum atomic E-state index is -0.731. The Bertz CT molecular complexity index is 979. The first-order valence-electron chi connectivity index (χ1n) is 8.67. The van der Waals surface area contributed by atoms with Crippen LogP contribution in [0, 0.1) is 0 Å². The summed E-state index contributed by atoms with van der Waals surface area (Å²) in [6, 6.07) is 4.99. The van der Waals surface area contributed by atoms with Crippen LogP contribution >= 0.6 is 12.4 Å². The van der Waals surface area contributed by atoms with Crippen molar-refractivity contribution in [3.05, 3.63) is 42.2 Å². The van der Waals surface area contributed by atoms with Gasteiger partial charge in [-0.05, 0) is 31.0 Å². The number of nitrogens with two attached hydrogens (primary N) is 2. The molecule has 5 N–H and O–H groups in total. The molecule has 10 heteroatoms. The highest BCUT2D eigenvalue weighted by atomic mass is 35.5. The zero-order valence-electron chi connectivity index (χ0n) is 15.6. The number of fused-ring (bicyclic) bond motifs is 1. The lowest BCUT2D eigenvalue weighted by Gasteiger charge is -2.26. The number of rotatable bonds is 7. The summed E-state index contributed by atoms with van der Waals surface area (Å²) >= 11 is 0. The molecule has 0 spiro atoms. The van der Waals surface area contributed by atoms with Crippen molar-refractivity contribution in [1.29, 1.82) is 0 Å². The number of furan rings is 1. The second kappa shape index (κ2) is 8.41. The zero-order chi connectivity index (χ0) is 19.6. The van der Waals surface area contributed by atoms with Gasteiger partial charge in [-0.25, -0.2) is 9.97 Å². The van der Waals surface area contributed by atoms with Crippen LogP contribution in [-0.4, -0.2) is 38.3 Å². The van der Waals surface area contributed by atoms with Gasteiger partial charge in [-0.15, -0.1) is 12.4 Å². The molecule has 150 valence electrons. The average Bonchev–Trinajstić information content (AvgIpc) is 3.34. The van der Waals surface area contributed by atoms with Crippen LogP contribution in [-0.2, 0) is 0 Å². The number of nitrogens with zero attached hydrogens (tertiary/aromatic N) is 3. The maximum atomic E-state index is 12.8. The SMILES string of the molecule is CCC(N)(CC)CNC(=O)c1cc(-c2ccco2)nc2c(C(N)=O)ncn12.Cl. The summed E-state index contributed by atoms with van der Waals surface area (Å²) in [5.74, 6) is -0.635. The van der Waals surface area contributed by atoms with Crippen LogP contribution < -0.4 is 16.8 Å². The number of primary amides is 1. The minimum Gasteiger partial charge on any atom is -0.463 e. The third-order valence-electron chi connectivity index (χ3n) is 4.75. The predicted octanol–water partition coefficient (Wildman–Crippen LogP) is 1.76. The number of amides is 2. The van der Waals surface area contributed by atoms with Gasteiger partial charge in [0.1, 0.15) is 17.7 Å². The highest BCUT2D eigenvalue weighted by Gasteiger charge is 2.24. The Labute approximate surface area is 167 Å². The van der Waals surface area contributed by atoms with Gasteiger partial charge < -0.3 is 21.2 Å². The average molecular weight is 407 g/mol. The van der Waals surface area contributed by atoms with Gasteiger partial charge in [0.25, 0.3) is 11.8 Å². The number of aromatic nitrogens is 3. The number of carbonyl (C=O) groups excluding carboxylic acids is 2. The summed E-state index contributed by atoms with van der Waals surface area (Å²) in [6.07, 6.45) is 4.30. The van der Waals surface area contributed by atoms with Crippen LogP contribution in [0.25, 0.3) is 17.1 Å². The second-order valence-electron chi connectivity index (χ2n) is 6.41. The van der Waals surface area contributed by atoms with Gasteiger partial charge in [0, 0.05) is 12.1 Å². The predicted molar refractivity (Wildman–Crippen MR) is 106 cm³/mol. The Morgan fingerprint density at radius 3 is 2.61 bits per heavy atom. The normalized spacial score (nSPS) is 11.2. The molecule has 0 aliphatic rings. The van der Waals surface area contributed by atoms with E-state index >= 15 is 0 Å². The Morgan fingerprint density at radius 1 is 1.32 bits per heavy atom. The number of imidazole rings is 1. The van der Waals surface area contributed by atoms with Gasteiger partial charge in [-0.2, -0.15) is 0 Å². The van der Waals surface area contributed by atoms with Crippen LogP contribution in [0.1, 0.15) is 47.7 Å². The van der Waals surface area contributed by atoms with E-state index in [4.69, 9.17) is 15.9 Å². The van der Waals surface area contributed by atoms with Crippen LogP contribution in [0.15, 0.2) is 35.2 Å². The van der Waals surface area contributed by atoms with Crippen molar-refractivity contribution in [3.8, 4) is 11.5 Å². The Kier molecular flexibility index (Phi) is 6.42. The first-order valence-corrected chi connectivity index (χ1v) is 8.67. The maximum Gasteiger partial charge on any atom is 0.271 e. The lowest BCUT2D eigenvalue weighted by atomic mass is 9.94. The molecule has 9 nitrogen and oxygen atoms in total. The summed E-state index contributed by atoms with van der Waals surface area (Å²) in [7, 11) is 0. The van der Waals surface area contributed by atoms with Crippen molar-refractivity contribution in [1.82, 2.24) is 19.7 Å². The third-order valence-corrected chi connectivity index (χ3v) is 4.75. The summed E-state index contributed by atoms with van der Waals surface area (Å²) in [4.78, 5) is 32.9. The van der Waals surface area contributed by atoms with Crippen molar-refractivity contribution < 1.29 is 14.0 Å². The molecule has 0 aliphatic carbocycles. The van der Waals surface area contributed by atoms with E-state index in [1.54, 1.807) is 18.2 Å². The largest absolute Gasteiger partial charge is 0.463 e. The highest BCUT2D eigenvalue weighted by molar-refractivity contribution is 5.99. The summed E-state index contributed by atoms with van der Waals surface area (Å²) < 4.78 is 6.80. The summed E-state index contributed by atoms with van der Waals surface area (Å²) in [5, 5.41) is 2.86. The molecular formula is C18H23ClN6O3. The number of halogens is 1. The molecular weight excluding hydrogens is 384 g/mol. The third kappa shape index (κ3) is 4.00. The molecule has 0 atom stereocenters. The molecule has 0 saturated heterocycles. The molecule has 0 fully saturated rings. The number of hydrogen-bond donors (Lipinski definition) is 3. The van der Waals surface area contributed by atoms with Crippen molar-refractivity contribution in [2.75, 3.05) is 6.54 Å². The maximum absolute atomic E-state index is 12.8. The molecule has 0 saturated carbocycles. The van der Waals surface area contributed by atoms with E-state index in [-0.39, 0.29) is 35.3 Å². The molecule has 28 heavy (non-hydrogen) atoms. The number of nitrogens with one attached hydrogen (secondary N) is 1. The van der Waals surface area contributed by atoms with Gasteiger partial charge in [-0.1, -0.05) is 13.8 Å². The summed E-state index contributed by atoms with van der Waals surface area (Å²) in [5.41, 5.74) is 12.0. The van der Waals surface area contributed by atoms with Crippen LogP contribution in [0.4, 0.5) is 0 Å². The van der Waals surface area contributed by atoms with Crippen molar-refractivity contribution in [2.24, 2.45) is 11.5 Å². The second-order valence-corrected chi connectivity index (χ2v) is 6.41. The van der Waals surface area contributed by atoms with Gasteiger partial charge in [-0.3, -0.25) is 14.0 Å². The number of hydrogen-bond acceptors (Lipinski definition) is 6. The fraction of sp³-hybridized carbons (Fsp3) is 0.333. The Balaban J connectivity index is 0.00000280. The van der Waals surface area contributed by atoms with E-state index in [1.807, 2.05) is 13.8 Å². The van der Waals surface area contributed by atoms with E-state index in [1.165, 1.54) is 17.0 Å². The van der Waals surface area contributed by atoms with Gasteiger partial charge in [0.05, 0.1) is 6.26 Å². The standard InChI is InChI=1S/C18H22N6O3.ClH/c1-3-18(20,4-2)9-21-17(26)12-8-11(13-6-5-7-27-13)23-16-14(15(19)25)22-10-24(12)16;/h5-8,10H,3-4,9,20H2,1-2H3,(H2,19,25)(H,21,26);1H. The quantitative estimate of drug-likeness (QED) is 0.545. The molecule has 2 amide bonds. The molecule has 3 aromatic heterocycles. The van der Waals surface area contributed by atoms with E-state index in [0.29, 0.717) is 18.0 Å². The fourth-order valence-electron chi connectivity index (χ4n) is 2.72. The smallest absolute Gasteiger partial charge is 0.271 e. The fourth-order valence-corrected chi connectivity index (χ4v) is 2.72. The van der Waals surface area contributed by atoms with E-state index < -0.39 is 11.4 Å². The molecule has 0 radical (unpaired) electrons. The first kappa shape index (κ1) is 21.4. The van der Waals surface area contributed by atoms with Crippen LogP contribution in [0.2, 0.25) is 0 Å². The lowest BCUT2D eigenvalue weighted by Crippen LogP contribution is -2.49. The molecule has 0 unspecified atom stereocenters. The van der Waals surface area contributed by atoms with Crippen molar-refractivity contribution >= 4 is 29.9 Å². The summed E-state index contributed by atoms with van der Waals surface area (Å²) in [6.45, 7) is 4.27. The molecule has 3 rings (SSSR count). The van der Waals surface area contributed by atoms with Crippen LogP contribution in [0.3, 0.4) is 0 Å². The van der Waals surface area contributed by atoms with Crippen LogP contribution in [0.5, 0.6) is 0 Å². The van der Waals surface area contributed by atoms with Gasteiger partial charge in [0.15, 0.2) is 17.1 Å². The molecule has 3 aromatic rings. The van der Waals surface area contributed by atoms with E-state index in [0.717, 1.165) is 12.8 Å². The number of carbonyl (C=O) groups is 2. The Hall–Kier alpha value is -2.91. The molecule has 0 aliphatic heterocycles. The highest BCUT2D eigenvalue weighted by Crippen LogP contribution is 2.22. The topological polar surface area (TPSA) is 142 Å². The Morgan fingerprint density at radius 2 is 2.04 bits per heavy atom. The first-order chi connectivity index (χ1) is 12.9. The molecule has 0 bridgehead atoms. The van der Waals surface area contributed by atoms with Gasteiger partial charge in [0.2, 0.25) is 0 Å².